The van der Waals surface area contributed by atoms with Gasteiger partial charge in [-0.1, -0.05) is 18.2 Å². The molecule has 0 aliphatic carbocycles. The lowest BCUT2D eigenvalue weighted by molar-refractivity contribution is -0.118. The van der Waals surface area contributed by atoms with Crippen LogP contribution in [0.2, 0.25) is 0 Å². The molecular formula is C17H23N3O2. The van der Waals surface area contributed by atoms with E-state index in [0.29, 0.717) is 5.92 Å². The van der Waals surface area contributed by atoms with E-state index < -0.39 is 0 Å². The minimum atomic E-state index is -0.0634. The van der Waals surface area contributed by atoms with Crippen LogP contribution in [0.1, 0.15) is 38.2 Å². The highest BCUT2D eigenvalue weighted by atomic mass is 16.2. The number of hydrogen-bond acceptors (Lipinski definition) is 2. The number of anilines is 1. The van der Waals surface area contributed by atoms with Crippen molar-refractivity contribution in [2.24, 2.45) is 5.92 Å². The molecule has 2 aliphatic rings. The lowest BCUT2D eigenvalue weighted by Crippen LogP contribution is -2.47. The number of para-hydroxylation sites is 1. The Morgan fingerprint density at radius 2 is 1.95 bits per heavy atom. The maximum Gasteiger partial charge on any atom is 0.317 e. The molecule has 5 nitrogen and oxygen atoms in total. The van der Waals surface area contributed by atoms with Crippen LogP contribution in [0.4, 0.5) is 10.5 Å². The summed E-state index contributed by atoms with van der Waals surface area (Å²) in [5.74, 6) is 0.351. The highest BCUT2D eigenvalue weighted by molar-refractivity contribution is 6.03. The molecule has 1 saturated heterocycles. The van der Waals surface area contributed by atoms with Gasteiger partial charge in [0.05, 0.1) is 5.92 Å². The summed E-state index contributed by atoms with van der Waals surface area (Å²) in [6, 6.07) is 8.08. The predicted octanol–water partition coefficient (Wildman–Crippen LogP) is 2.55. The third-order valence-electron chi connectivity index (χ3n) is 4.55. The Labute approximate surface area is 131 Å². The van der Waals surface area contributed by atoms with E-state index in [9.17, 15) is 9.59 Å². The third kappa shape index (κ3) is 2.80. The summed E-state index contributed by atoms with van der Waals surface area (Å²) in [4.78, 5) is 26.2. The molecule has 0 saturated carbocycles. The highest BCUT2D eigenvalue weighted by Crippen LogP contribution is 2.41. The molecule has 0 radical (unpaired) electrons. The van der Waals surface area contributed by atoms with Crippen molar-refractivity contribution in [1.29, 1.82) is 0 Å². The summed E-state index contributed by atoms with van der Waals surface area (Å²) >= 11 is 0. The molecule has 0 bridgehead atoms. The zero-order chi connectivity index (χ0) is 15.7. The monoisotopic (exact) mass is 301 g/mol. The van der Waals surface area contributed by atoms with E-state index in [4.69, 9.17) is 0 Å². The number of benzene rings is 1. The SMILES string of the molecule is CC(C)NC(=O)N1CCC(C2C(=O)Nc3ccccc32)CC1. The van der Waals surface area contributed by atoms with Crippen LogP contribution in [0.15, 0.2) is 24.3 Å². The first-order chi connectivity index (χ1) is 10.6. The van der Waals surface area contributed by atoms with Crippen LogP contribution in [0.3, 0.4) is 0 Å². The normalized spacial score (nSPS) is 21.7. The third-order valence-corrected chi connectivity index (χ3v) is 4.55. The van der Waals surface area contributed by atoms with Crippen molar-refractivity contribution >= 4 is 17.6 Å². The second-order valence-corrected chi connectivity index (χ2v) is 6.48. The Kier molecular flexibility index (Phi) is 4.05. The van der Waals surface area contributed by atoms with Gasteiger partial charge in [-0.05, 0) is 44.2 Å². The molecule has 0 spiro atoms. The Morgan fingerprint density at radius 1 is 1.27 bits per heavy atom. The molecule has 1 aromatic rings. The molecule has 2 aliphatic heterocycles. The molecule has 3 amide bonds. The Morgan fingerprint density at radius 3 is 2.64 bits per heavy atom. The van der Waals surface area contributed by atoms with Crippen molar-refractivity contribution in [3.63, 3.8) is 0 Å². The molecule has 118 valence electrons. The van der Waals surface area contributed by atoms with Gasteiger partial charge in [0.1, 0.15) is 0 Å². The van der Waals surface area contributed by atoms with Crippen molar-refractivity contribution in [2.75, 3.05) is 18.4 Å². The van der Waals surface area contributed by atoms with Crippen LogP contribution in [0.5, 0.6) is 0 Å². The number of rotatable bonds is 2. The van der Waals surface area contributed by atoms with Gasteiger partial charge in [0.2, 0.25) is 5.91 Å². The average Bonchev–Trinajstić information content (AvgIpc) is 2.82. The molecule has 1 aromatic carbocycles. The van der Waals surface area contributed by atoms with Crippen LogP contribution in [0.25, 0.3) is 0 Å². The van der Waals surface area contributed by atoms with Crippen molar-refractivity contribution in [3.8, 4) is 0 Å². The smallest absolute Gasteiger partial charge is 0.317 e. The Balaban J connectivity index is 1.65. The van der Waals surface area contributed by atoms with Crippen molar-refractivity contribution in [1.82, 2.24) is 10.2 Å². The van der Waals surface area contributed by atoms with Crippen molar-refractivity contribution in [2.45, 2.75) is 38.6 Å². The maximum atomic E-state index is 12.3. The van der Waals surface area contributed by atoms with Gasteiger partial charge in [-0.2, -0.15) is 0 Å². The lowest BCUT2D eigenvalue weighted by atomic mass is 9.81. The fourth-order valence-corrected chi connectivity index (χ4v) is 3.48. The van der Waals surface area contributed by atoms with E-state index in [0.717, 1.165) is 37.2 Å². The van der Waals surface area contributed by atoms with Crippen molar-refractivity contribution < 1.29 is 9.59 Å². The number of amides is 3. The molecule has 0 aromatic heterocycles. The van der Waals surface area contributed by atoms with Crippen LogP contribution < -0.4 is 10.6 Å². The van der Waals surface area contributed by atoms with Crippen LogP contribution in [0, 0.1) is 5.92 Å². The topological polar surface area (TPSA) is 61.4 Å². The summed E-state index contributed by atoms with van der Waals surface area (Å²) in [5, 5.41) is 5.90. The standard InChI is InChI=1S/C17H23N3O2/c1-11(2)18-17(22)20-9-7-12(8-10-20)15-13-5-3-4-6-14(13)19-16(15)21/h3-6,11-12,15H,7-10H2,1-2H3,(H,18,22)(H,19,21). The summed E-state index contributed by atoms with van der Waals surface area (Å²) in [5.41, 5.74) is 2.05. The number of carbonyl (C=O) groups is 2. The van der Waals surface area contributed by atoms with Gasteiger partial charge in [0.15, 0.2) is 0 Å². The fraction of sp³-hybridized carbons (Fsp3) is 0.529. The zero-order valence-electron chi connectivity index (χ0n) is 13.1. The lowest BCUT2D eigenvalue weighted by Gasteiger charge is -2.34. The number of nitrogens with zero attached hydrogens (tertiary/aromatic N) is 1. The summed E-state index contributed by atoms with van der Waals surface area (Å²) in [7, 11) is 0. The van der Waals surface area contributed by atoms with Crippen molar-refractivity contribution in [3.05, 3.63) is 29.8 Å². The van der Waals surface area contributed by atoms with Gasteiger partial charge in [0, 0.05) is 24.8 Å². The van der Waals surface area contributed by atoms with E-state index in [-0.39, 0.29) is 23.9 Å². The van der Waals surface area contributed by atoms with Crippen LogP contribution in [-0.4, -0.2) is 36.0 Å². The second-order valence-electron chi connectivity index (χ2n) is 6.48. The van der Waals surface area contributed by atoms with E-state index in [1.807, 2.05) is 43.0 Å². The molecule has 1 fully saturated rings. The number of carbonyl (C=O) groups excluding carboxylic acids is 2. The summed E-state index contributed by atoms with van der Waals surface area (Å²) in [6.45, 7) is 5.36. The van der Waals surface area contributed by atoms with Gasteiger partial charge in [-0.15, -0.1) is 0 Å². The summed E-state index contributed by atoms with van der Waals surface area (Å²) < 4.78 is 0. The first-order valence-corrected chi connectivity index (χ1v) is 8.01. The molecule has 1 unspecified atom stereocenters. The Bertz CT molecular complexity index is 577. The van der Waals surface area contributed by atoms with E-state index >= 15 is 0 Å². The van der Waals surface area contributed by atoms with E-state index in [1.54, 1.807) is 0 Å². The fourth-order valence-electron chi connectivity index (χ4n) is 3.48. The number of fused-ring (bicyclic) bond motifs is 1. The van der Waals surface area contributed by atoms with Gasteiger partial charge >= 0.3 is 6.03 Å². The minimum Gasteiger partial charge on any atom is -0.336 e. The van der Waals surface area contributed by atoms with Crippen LogP contribution >= 0.6 is 0 Å². The molecule has 22 heavy (non-hydrogen) atoms. The largest absolute Gasteiger partial charge is 0.336 e. The second kappa shape index (κ2) is 5.99. The predicted molar refractivity (Wildman–Crippen MR) is 85.8 cm³/mol. The molecule has 5 heteroatoms. The average molecular weight is 301 g/mol. The maximum absolute atomic E-state index is 12.3. The summed E-state index contributed by atoms with van der Waals surface area (Å²) in [6.07, 6.45) is 1.75. The number of nitrogens with one attached hydrogen (secondary N) is 2. The first kappa shape index (κ1) is 14.9. The number of urea groups is 1. The first-order valence-electron chi connectivity index (χ1n) is 8.01. The molecule has 2 N–H and O–H groups in total. The van der Waals surface area contributed by atoms with Gasteiger partial charge < -0.3 is 15.5 Å². The number of piperidine rings is 1. The minimum absolute atomic E-state index is 0.00437. The molecule has 2 heterocycles. The van der Waals surface area contributed by atoms with Gasteiger partial charge in [0.25, 0.3) is 0 Å². The molecule has 1 atom stereocenters. The zero-order valence-corrected chi connectivity index (χ0v) is 13.1. The molecular weight excluding hydrogens is 278 g/mol. The Hall–Kier alpha value is -2.04. The quantitative estimate of drug-likeness (QED) is 0.882. The highest BCUT2D eigenvalue weighted by Gasteiger charge is 2.38. The van der Waals surface area contributed by atoms with E-state index in [2.05, 4.69) is 10.6 Å². The van der Waals surface area contributed by atoms with E-state index in [1.165, 1.54) is 0 Å². The number of hydrogen-bond donors (Lipinski definition) is 2. The van der Waals surface area contributed by atoms with Gasteiger partial charge in [-0.3, -0.25) is 4.79 Å². The number of likely N-dealkylation sites (tertiary alicyclic amines) is 1. The van der Waals surface area contributed by atoms with Crippen LogP contribution in [-0.2, 0) is 4.79 Å². The van der Waals surface area contributed by atoms with Gasteiger partial charge in [-0.25, -0.2) is 4.79 Å². The molecule has 3 rings (SSSR count).